The minimum atomic E-state index is -0.815. The molecule has 0 aromatic heterocycles. The number of nitrogens with zero attached hydrogens (tertiary/aromatic N) is 1. The molecule has 34 heavy (non-hydrogen) atoms. The Morgan fingerprint density at radius 3 is 2.53 bits per heavy atom. The average molecular weight is 477 g/mol. The van der Waals surface area contributed by atoms with Gasteiger partial charge < -0.3 is 45.1 Å². The molecule has 188 valence electrons. The third-order valence-electron chi connectivity index (χ3n) is 4.83. The molecule has 0 fully saturated rings. The molecular formula is C20H38B3N5O6. The first-order chi connectivity index (χ1) is 16.6. The van der Waals surface area contributed by atoms with Gasteiger partial charge in [-0.1, -0.05) is 30.3 Å². The summed E-state index contributed by atoms with van der Waals surface area (Å²) in [4.78, 5) is 27.5. The lowest BCUT2D eigenvalue weighted by molar-refractivity contribution is -0.149. The molecule has 1 atom stereocenters. The maximum absolute atomic E-state index is 13.1. The van der Waals surface area contributed by atoms with Crippen LogP contribution in [0.5, 0.6) is 0 Å². The summed E-state index contributed by atoms with van der Waals surface area (Å²) in [6, 6.07) is 8.58. The van der Waals surface area contributed by atoms with Crippen LogP contribution in [-0.4, -0.2) is 99.2 Å². The first-order valence-corrected chi connectivity index (χ1v) is 11.5. The van der Waals surface area contributed by atoms with Crippen LogP contribution < -0.4 is 21.5 Å². The molecule has 1 rings (SSSR count). The van der Waals surface area contributed by atoms with E-state index in [4.69, 9.17) is 24.4 Å². The van der Waals surface area contributed by atoms with Crippen molar-refractivity contribution in [2.75, 3.05) is 53.7 Å². The summed E-state index contributed by atoms with van der Waals surface area (Å²) in [6.45, 7) is 3.39. The third-order valence-corrected chi connectivity index (χ3v) is 4.83. The van der Waals surface area contributed by atoms with Gasteiger partial charge >= 0.3 is 21.2 Å². The molecule has 1 aromatic rings. The van der Waals surface area contributed by atoms with Gasteiger partial charge in [-0.3, -0.25) is 9.59 Å². The van der Waals surface area contributed by atoms with Gasteiger partial charge in [0.25, 0.3) is 7.48 Å². The summed E-state index contributed by atoms with van der Waals surface area (Å²) in [6.07, 6.45) is 0.608. The molecular weight excluding hydrogens is 439 g/mol. The summed E-state index contributed by atoms with van der Waals surface area (Å²) in [5.41, 5.74) is 6.25. The first kappa shape index (κ1) is 30.1. The molecule has 1 amide bonds. The molecule has 0 aliphatic carbocycles. The van der Waals surface area contributed by atoms with Gasteiger partial charge in [0, 0.05) is 40.4 Å². The van der Waals surface area contributed by atoms with Crippen molar-refractivity contribution in [2.45, 2.75) is 25.4 Å². The van der Waals surface area contributed by atoms with Crippen LogP contribution in [-0.2, 0) is 34.9 Å². The van der Waals surface area contributed by atoms with E-state index < -0.39 is 12.0 Å². The van der Waals surface area contributed by atoms with E-state index in [-0.39, 0.29) is 33.3 Å². The van der Waals surface area contributed by atoms with Gasteiger partial charge in [-0.2, -0.15) is 0 Å². The molecule has 0 heterocycles. The standard InChI is InChI=1S/C20H38B3N5O6/c1-31-22-26-10-9-25-11-13-28(12-8-21-34-16-24)19(29)14-18(27-23-32-2)20(30)33-15-17-6-4-3-5-7-17/h3-7,18,21-23,25-27H,8-16,24H2,1-2H3/t18-/m0/s1. The summed E-state index contributed by atoms with van der Waals surface area (Å²) < 4.78 is 20.6. The maximum Gasteiger partial charge on any atom is 0.361 e. The Morgan fingerprint density at radius 1 is 1.06 bits per heavy atom. The molecule has 0 unspecified atom stereocenters. The van der Waals surface area contributed by atoms with E-state index in [9.17, 15) is 9.59 Å². The van der Waals surface area contributed by atoms with Crippen molar-refractivity contribution in [3.05, 3.63) is 35.9 Å². The number of amides is 1. The van der Waals surface area contributed by atoms with Crippen molar-refractivity contribution in [3.8, 4) is 0 Å². The zero-order chi connectivity index (χ0) is 24.9. The van der Waals surface area contributed by atoms with Gasteiger partial charge in [0.15, 0.2) is 0 Å². The monoisotopic (exact) mass is 477 g/mol. The lowest BCUT2D eigenvalue weighted by atomic mass is 9.95. The van der Waals surface area contributed by atoms with E-state index in [1.54, 1.807) is 12.0 Å². The number of ether oxygens (including phenoxy) is 1. The van der Waals surface area contributed by atoms with Crippen LogP contribution >= 0.6 is 0 Å². The van der Waals surface area contributed by atoms with Gasteiger partial charge in [0.1, 0.15) is 12.6 Å². The minimum absolute atomic E-state index is 0.0376. The van der Waals surface area contributed by atoms with E-state index in [1.807, 2.05) is 30.3 Å². The van der Waals surface area contributed by atoms with Crippen molar-refractivity contribution in [1.82, 2.24) is 20.7 Å². The van der Waals surface area contributed by atoms with E-state index >= 15 is 0 Å². The normalized spacial score (nSPS) is 11.5. The smallest absolute Gasteiger partial charge is 0.361 e. The highest BCUT2D eigenvalue weighted by Gasteiger charge is 2.26. The van der Waals surface area contributed by atoms with Crippen LogP contribution in [0.15, 0.2) is 30.3 Å². The molecule has 0 aliphatic heterocycles. The van der Waals surface area contributed by atoms with E-state index in [2.05, 4.69) is 15.8 Å². The number of esters is 1. The largest absolute Gasteiger partial charge is 0.460 e. The summed E-state index contributed by atoms with van der Waals surface area (Å²) in [5, 5.41) is 9.34. The molecule has 0 saturated heterocycles. The molecule has 0 radical (unpaired) electrons. The molecule has 14 heteroatoms. The number of nitrogens with one attached hydrogen (secondary N) is 3. The Hall–Kier alpha value is -1.93. The quantitative estimate of drug-likeness (QED) is 0.0658. The summed E-state index contributed by atoms with van der Waals surface area (Å²) >= 11 is 0. The lowest BCUT2D eigenvalue weighted by Gasteiger charge is -2.25. The van der Waals surface area contributed by atoms with Crippen LogP contribution in [0.3, 0.4) is 0 Å². The second-order valence-electron chi connectivity index (χ2n) is 7.48. The van der Waals surface area contributed by atoms with Crippen molar-refractivity contribution in [3.63, 3.8) is 0 Å². The predicted octanol–water partition coefficient (Wildman–Crippen LogP) is -2.39. The fourth-order valence-electron chi connectivity index (χ4n) is 3.05. The Labute approximate surface area is 204 Å². The van der Waals surface area contributed by atoms with Crippen molar-refractivity contribution >= 4 is 34.6 Å². The Kier molecular flexibility index (Phi) is 18.1. The Balaban J connectivity index is 2.62. The van der Waals surface area contributed by atoms with Crippen LogP contribution in [0, 0.1) is 0 Å². The highest BCUT2D eigenvalue weighted by molar-refractivity contribution is 6.27. The fourth-order valence-corrected chi connectivity index (χ4v) is 3.05. The number of rotatable bonds is 21. The molecule has 0 aliphatic rings. The summed E-state index contributed by atoms with van der Waals surface area (Å²) in [7, 11) is 4.21. The van der Waals surface area contributed by atoms with E-state index in [1.165, 1.54) is 7.11 Å². The van der Waals surface area contributed by atoms with E-state index in [0.717, 1.165) is 18.7 Å². The Bertz CT molecular complexity index is 665. The fraction of sp³-hybridized carbons (Fsp3) is 0.600. The molecule has 0 spiro atoms. The van der Waals surface area contributed by atoms with E-state index in [0.29, 0.717) is 41.1 Å². The molecule has 0 saturated carbocycles. The average Bonchev–Trinajstić information content (AvgIpc) is 2.86. The van der Waals surface area contributed by atoms with Gasteiger partial charge in [0.2, 0.25) is 5.91 Å². The zero-order valence-corrected chi connectivity index (χ0v) is 20.4. The second kappa shape index (κ2) is 20.4. The van der Waals surface area contributed by atoms with Crippen LogP contribution in [0.25, 0.3) is 0 Å². The number of nitrogens with two attached hydrogens (primary N) is 1. The number of carbonyl (C=O) groups excluding carboxylic acids is 2. The van der Waals surface area contributed by atoms with Gasteiger partial charge in [-0.15, -0.1) is 0 Å². The van der Waals surface area contributed by atoms with Crippen molar-refractivity contribution in [2.24, 2.45) is 5.73 Å². The number of benzene rings is 1. The predicted molar refractivity (Wildman–Crippen MR) is 136 cm³/mol. The summed E-state index contributed by atoms with van der Waals surface area (Å²) in [5.74, 6) is -0.652. The third kappa shape index (κ3) is 14.4. The zero-order valence-electron chi connectivity index (χ0n) is 20.4. The van der Waals surface area contributed by atoms with Crippen molar-refractivity contribution in [1.29, 1.82) is 0 Å². The number of hydrogen-bond donors (Lipinski definition) is 4. The van der Waals surface area contributed by atoms with Crippen LogP contribution in [0.4, 0.5) is 0 Å². The maximum atomic E-state index is 13.1. The highest BCUT2D eigenvalue weighted by atomic mass is 16.5. The molecule has 5 N–H and O–H groups in total. The lowest BCUT2D eigenvalue weighted by Crippen LogP contribution is -2.46. The number of carbonyl (C=O) groups is 2. The number of hydrogen-bond acceptors (Lipinski definition) is 10. The Morgan fingerprint density at radius 2 is 1.82 bits per heavy atom. The highest BCUT2D eigenvalue weighted by Crippen LogP contribution is 2.06. The molecule has 1 aromatic carbocycles. The first-order valence-electron chi connectivity index (χ1n) is 11.5. The van der Waals surface area contributed by atoms with Crippen molar-refractivity contribution < 1.29 is 28.3 Å². The second-order valence-corrected chi connectivity index (χ2v) is 7.48. The molecule has 0 bridgehead atoms. The van der Waals surface area contributed by atoms with Gasteiger partial charge in [-0.05, 0) is 18.4 Å². The van der Waals surface area contributed by atoms with Gasteiger partial charge in [0.05, 0.1) is 13.2 Å². The van der Waals surface area contributed by atoms with Crippen LogP contribution in [0.1, 0.15) is 12.0 Å². The topological polar surface area (TPSA) is 136 Å². The van der Waals surface area contributed by atoms with Gasteiger partial charge in [-0.25, -0.2) is 0 Å². The molecule has 11 nitrogen and oxygen atoms in total. The minimum Gasteiger partial charge on any atom is -0.460 e. The SMILES string of the molecule is COBNCCNCCN(CCBOCN)C(=O)C[C@H](NBOC)C(=O)OCc1ccccc1. The van der Waals surface area contributed by atoms with Crippen LogP contribution in [0.2, 0.25) is 6.32 Å².